The largest absolute Gasteiger partial charge is 0.335 e. The summed E-state index contributed by atoms with van der Waals surface area (Å²) >= 11 is 1.64. The molecular formula is C11H17N3OS. The normalized spacial score (nSPS) is 20.8. The first-order valence-electron chi connectivity index (χ1n) is 5.64. The zero-order chi connectivity index (χ0) is 11.5. The summed E-state index contributed by atoms with van der Waals surface area (Å²) in [7, 11) is 0. The van der Waals surface area contributed by atoms with E-state index in [-0.39, 0.29) is 11.9 Å². The molecule has 0 saturated carbocycles. The Morgan fingerprint density at radius 1 is 1.69 bits per heavy atom. The van der Waals surface area contributed by atoms with Crippen LogP contribution in [-0.2, 0) is 11.3 Å². The topological polar surface area (TPSA) is 45.2 Å². The van der Waals surface area contributed by atoms with Gasteiger partial charge in [0.25, 0.3) is 0 Å². The second-order valence-corrected chi connectivity index (χ2v) is 5.08. The lowest BCUT2D eigenvalue weighted by Crippen LogP contribution is -2.37. The van der Waals surface area contributed by atoms with Crippen molar-refractivity contribution in [3.05, 3.63) is 16.1 Å². The van der Waals surface area contributed by atoms with Crippen LogP contribution in [0.25, 0.3) is 0 Å². The lowest BCUT2D eigenvalue weighted by atomic mass is 10.2. The molecule has 1 amide bonds. The highest BCUT2D eigenvalue weighted by Gasteiger charge is 2.30. The van der Waals surface area contributed by atoms with Gasteiger partial charge in [0.15, 0.2) is 0 Å². The van der Waals surface area contributed by atoms with Crippen LogP contribution in [0.3, 0.4) is 0 Å². The average Bonchev–Trinajstić information content (AvgIpc) is 2.80. The fourth-order valence-electron chi connectivity index (χ4n) is 2.01. The summed E-state index contributed by atoms with van der Waals surface area (Å²) in [5.74, 6) is 0.215. The molecule has 1 N–H and O–H groups in total. The van der Waals surface area contributed by atoms with Crippen molar-refractivity contribution in [3.63, 3.8) is 0 Å². The van der Waals surface area contributed by atoms with Gasteiger partial charge in [0, 0.05) is 11.9 Å². The summed E-state index contributed by atoms with van der Waals surface area (Å²) in [4.78, 5) is 18.2. The predicted molar refractivity (Wildman–Crippen MR) is 64.3 cm³/mol. The van der Waals surface area contributed by atoms with Crippen molar-refractivity contribution in [1.29, 1.82) is 0 Å². The summed E-state index contributed by atoms with van der Waals surface area (Å²) < 4.78 is 0. The van der Waals surface area contributed by atoms with Crippen molar-refractivity contribution in [3.8, 4) is 0 Å². The van der Waals surface area contributed by atoms with E-state index in [1.807, 2.05) is 24.1 Å². The van der Waals surface area contributed by atoms with Crippen LogP contribution in [0.4, 0.5) is 0 Å². The molecule has 1 aliphatic heterocycles. The number of rotatable bonds is 4. The zero-order valence-electron chi connectivity index (χ0n) is 9.69. The maximum Gasteiger partial charge on any atom is 0.240 e. The third kappa shape index (κ3) is 2.41. The minimum atomic E-state index is 0.0183. The lowest BCUT2D eigenvalue weighted by Gasteiger charge is -2.15. The first kappa shape index (κ1) is 11.5. The van der Waals surface area contributed by atoms with Crippen molar-refractivity contribution in [2.45, 2.75) is 32.9 Å². The van der Waals surface area contributed by atoms with Crippen LogP contribution in [0, 0.1) is 6.92 Å². The summed E-state index contributed by atoms with van der Waals surface area (Å²) in [5, 5.41) is 6.30. The Kier molecular flexibility index (Phi) is 3.56. The zero-order valence-corrected chi connectivity index (χ0v) is 10.5. The molecule has 0 bridgehead atoms. The van der Waals surface area contributed by atoms with Crippen molar-refractivity contribution >= 4 is 17.2 Å². The Hall–Kier alpha value is -0.940. The second kappa shape index (κ2) is 4.93. The third-order valence-corrected chi connectivity index (χ3v) is 3.59. The Bertz CT molecular complexity index is 377. The van der Waals surface area contributed by atoms with E-state index < -0.39 is 0 Å². The smallest absolute Gasteiger partial charge is 0.240 e. The van der Waals surface area contributed by atoms with Gasteiger partial charge in [-0.15, -0.1) is 11.3 Å². The van der Waals surface area contributed by atoms with Gasteiger partial charge >= 0.3 is 0 Å². The van der Waals surface area contributed by atoms with Gasteiger partial charge in [0.05, 0.1) is 23.3 Å². The van der Waals surface area contributed by atoms with Crippen molar-refractivity contribution < 1.29 is 4.79 Å². The number of carbonyl (C=O) groups is 1. The second-order valence-electron chi connectivity index (χ2n) is 4.02. The maximum atomic E-state index is 11.9. The Labute approximate surface area is 99.7 Å². The van der Waals surface area contributed by atoms with Crippen LogP contribution in [0.5, 0.6) is 0 Å². The van der Waals surface area contributed by atoms with E-state index >= 15 is 0 Å². The molecule has 0 radical (unpaired) electrons. The molecule has 1 atom stereocenters. The first-order chi connectivity index (χ1) is 7.70. The van der Waals surface area contributed by atoms with E-state index in [9.17, 15) is 4.79 Å². The van der Waals surface area contributed by atoms with Crippen molar-refractivity contribution in [1.82, 2.24) is 15.2 Å². The van der Waals surface area contributed by atoms with Gasteiger partial charge < -0.3 is 10.2 Å². The molecule has 4 nitrogen and oxygen atoms in total. The molecule has 2 rings (SSSR count). The van der Waals surface area contributed by atoms with Gasteiger partial charge in [-0.1, -0.05) is 6.92 Å². The van der Waals surface area contributed by atoms with Crippen molar-refractivity contribution in [2.75, 3.05) is 13.1 Å². The molecule has 0 aromatic carbocycles. The summed E-state index contributed by atoms with van der Waals surface area (Å²) in [5.41, 5.74) is 1.01. The van der Waals surface area contributed by atoms with Crippen LogP contribution in [0.2, 0.25) is 0 Å². The molecule has 1 aromatic heterocycles. The van der Waals surface area contributed by atoms with Gasteiger partial charge in [0.1, 0.15) is 0 Å². The van der Waals surface area contributed by atoms with Gasteiger partial charge in [-0.3, -0.25) is 4.79 Å². The summed E-state index contributed by atoms with van der Waals surface area (Å²) in [6, 6.07) is 0.0183. The van der Waals surface area contributed by atoms with Gasteiger partial charge in [-0.25, -0.2) is 4.98 Å². The number of nitrogens with zero attached hydrogens (tertiary/aromatic N) is 2. The van der Waals surface area contributed by atoms with Crippen LogP contribution in [0.1, 0.15) is 24.0 Å². The van der Waals surface area contributed by atoms with Crippen LogP contribution < -0.4 is 5.32 Å². The Morgan fingerprint density at radius 3 is 3.12 bits per heavy atom. The minimum Gasteiger partial charge on any atom is -0.335 e. The van der Waals surface area contributed by atoms with Crippen LogP contribution in [-0.4, -0.2) is 34.9 Å². The van der Waals surface area contributed by atoms with E-state index in [1.165, 1.54) is 0 Å². The summed E-state index contributed by atoms with van der Waals surface area (Å²) in [6.07, 6.45) is 0.912. The van der Waals surface area contributed by atoms with E-state index in [0.29, 0.717) is 6.54 Å². The maximum absolute atomic E-state index is 11.9. The average molecular weight is 239 g/mol. The SMILES string of the molecule is CCNC1CCN(Cc2csc(C)n2)C1=O. The number of hydrogen-bond acceptors (Lipinski definition) is 4. The quantitative estimate of drug-likeness (QED) is 0.857. The van der Waals surface area contributed by atoms with Gasteiger partial charge in [0.2, 0.25) is 5.91 Å². The number of aryl methyl sites for hydroxylation is 1. The molecule has 0 aliphatic carbocycles. The number of aromatic nitrogens is 1. The van der Waals surface area contributed by atoms with E-state index in [2.05, 4.69) is 10.3 Å². The molecule has 1 aromatic rings. The lowest BCUT2D eigenvalue weighted by molar-refractivity contribution is -0.129. The van der Waals surface area contributed by atoms with E-state index in [4.69, 9.17) is 0 Å². The van der Waals surface area contributed by atoms with Crippen LogP contribution >= 0.6 is 11.3 Å². The first-order valence-corrected chi connectivity index (χ1v) is 6.52. The number of nitrogens with one attached hydrogen (secondary N) is 1. The molecule has 0 spiro atoms. The highest BCUT2D eigenvalue weighted by molar-refractivity contribution is 7.09. The third-order valence-electron chi connectivity index (χ3n) is 2.77. The fraction of sp³-hybridized carbons (Fsp3) is 0.636. The highest BCUT2D eigenvalue weighted by atomic mass is 32.1. The molecule has 16 heavy (non-hydrogen) atoms. The number of thiazole rings is 1. The number of hydrogen-bond donors (Lipinski definition) is 1. The Morgan fingerprint density at radius 2 is 2.50 bits per heavy atom. The monoisotopic (exact) mass is 239 g/mol. The highest BCUT2D eigenvalue weighted by Crippen LogP contribution is 2.16. The number of amides is 1. The molecule has 5 heteroatoms. The number of carbonyl (C=O) groups excluding carboxylic acids is 1. The molecule has 88 valence electrons. The number of likely N-dealkylation sites (N-methyl/N-ethyl adjacent to an activating group) is 1. The molecule has 2 heterocycles. The standard InChI is InChI=1S/C11H17N3OS/c1-3-12-10-4-5-14(11(10)15)6-9-7-16-8(2)13-9/h7,10,12H,3-6H2,1-2H3. The van der Waals surface area contributed by atoms with Crippen molar-refractivity contribution in [2.24, 2.45) is 0 Å². The molecule has 1 aliphatic rings. The Balaban J connectivity index is 1.94. The molecule has 1 fully saturated rings. The molecule has 1 unspecified atom stereocenters. The van der Waals surface area contributed by atoms with E-state index in [0.717, 1.165) is 30.2 Å². The number of likely N-dealkylation sites (tertiary alicyclic amines) is 1. The summed E-state index contributed by atoms with van der Waals surface area (Å²) in [6.45, 7) is 6.36. The van der Waals surface area contributed by atoms with Gasteiger partial charge in [-0.05, 0) is 19.9 Å². The van der Waals surface area contributed by atoms with E-state index in [1.54, 1.807) is 11.3 Å². The fourth-order valence-corrected chi connectivity index (χ4v) is 2.61. The minimum absolute atomic E-state index is 0.0183. The predicted octanol–water partition coefficient (Wildman–Crippen LogP) is 1.16. The molecular weight excluding hydrogens is 222 g/mol. The van der Waals surface area contributed by atoms with Crippen LogP contribution in [0.15, 0.2) is 5.38 Å². The molecule has 1 saturated heterocycles. The van der Waals surface area contributed by atoms with Gasteiger partial charge in [-0.2, -0.15) is 0 Å².